The first-order valence-electron chi connectivity index (χ1n) is 5.09. The zero-order chi connectivity index (χ0) is 13.2. The van der Waals surface area contributed by atoms with E-state index in [1.165, 1.54) is 18.6 Å². The van der Waals surface area contributed by atoms with Crippen molar-refractivity contribution in [2.75, 3.05) is 7.05 Å². The Morgan fingerprint density at radius 1 is 1.33 bits per heavy atom. The van der Waals surface area contributed by atoms with E-state index in [-0.39, 0.29) is 5.82 Å². The van der Waals surface area contributed by atoms with Crippen LogP contribution < -0.4 is 5.32 Å². The van der Waals surface area contributed by atoms with Gasteiger partial charge >= 0.3 is 6.18 Å². The highest BCUT2D eigenvalue weighted by Crippen LogP contribution is 2.27. The fourth-order valence-electron chi connectivity index (χ4n) is 1.37. The Bertz CT molecular complexity index is 534. The van der Waals surface area contributed by atoms with Gasteiger partial charge in [0.25, 0.3) is 0 Å². The predicted molar refractivity (Wildman–Crippen MR) is 56.9 cm³/mol. The van der Waals surface area contributed by atoms with Crippen LogP contribution in [0.5, 0.6) is 0 Å². The third-order valence-corrected chi connectivity index (χ3v) is 2.14. The SMILES string of the molecule is CNCc1cncc(-n2ccc(C(F)(F)F)n2)n1. The molecule has 2 rings (SSSR count). The van der Waals surface area contributed by atoms with E-state index in [1.807, 2.05) is 0 Å². The number of nitrogens with zero attached hydrogens (tertiary/aromatic N) is 4. The minimum atomic E-state index is -4.46. The topological polar surface area (TPSA) is 55.6 Å². The van der Waals surface area contributed by atoms with Gasteiger partial charge in [0.1, 0.15) is 0 Å². The Morgan fingerprint density at radius 2 is 2.11 bits per heavy atom. The molecule has 0 bridgehead atoms. The van der Waals surface area contributed by atoms with Gasteiger partial charge in [0.15, 0.2) is 11.5 Å². The maximum absolute atomic E-state index is 12.4. The summed E-state index contributed by atoms with van der Waals surface area (Å²) in [6.07, 6.45) is -0.363. The first kappa shape index (κ1) is 12.5. The Kier molecular flexibility index (Phi) is 3.28. The van der Waals surface area contributed by atoms with Crippen molar-refractivity contribution in [2.45, 2.75) is 12.7 Å². The lowest BCUT2D eigenvalue weighted by Gasteiger charge is -2.04. The molecule has 0 atom stereocenters. The van der Waals surface area contributed by atoms with E-state index in [2.05, 4.69) is 20.4 Å². The van der Waals surface area contributed by atoms with Crippen LogP contribution in [0.1, 0.15) is 11.4 Å². The van der Waals surface area contributed by atoms with Crippen LogP contribution in [0.25, 0.3) is 5.82 Å². The van der Waals surface area contributed by atoms with E-state index in [0.717, 1.165) is 10.7 Å². The lowest BCUT2D eigenvalue weighted by atomic mass is 10.4. The van der Waals surface area contributed by atoms with E-state index in [0.29, 0.717) is 12.2 Å². The minimum absolute atomic E-state index is 0.248. The number of hydrogen-bond donors (Lipinski definition) is 1. The molecular weight excluding hydrogens is 247 g/mol. The smallest absolute Gasteiger partial charge is 0.314 e. The number of hydrogen-bond acceptors (Lipinski definition) is 4. The lowest BCUT2D eigenvalue weighted by molar-refractivity contribution is -0.141. The molecule has 2 aromatic heterocycles. The maximum atomic E-state index is 12.4. The number of nitrogens with one attached hydrogen (secondary N) is 1. The second-order valence-electron chi connectivity index (χ2n) is 3.54. The van der Waals surface area contributed by atoms with Crippen LogP contribution in [0.15, 0.2) is 24.7 Å². The summed E-state index contributed by atoms with van der Waals surface area (Å²) in [7, 11) is 1.74. The van der Waals surface area contributed by atoms with Crippen molar-refractivity contribution in [1.82, 2.24) is 25.1 Å². The largest absolute Gasteiger partial charge is 0.435 e. The molecule has 96 valence electrons. The summed E-state index contributed by atoms with van der Waals surface area (Å²) in [6.45, 7) is 0.480. The van der Waals surface area contributed by atoms with E-state index in [1.54, 1.807) is 7.05 Å². The van der Waals surface area contributed by atoms with Crippen LogP contribution in [-0.4, -0.2) is 26.8 Å². The fraction of sp³-hybridized carbons (Fsp3) is 0.300. The Balaban J connectivity index is 2.31. The molecule has 18 heavy (non-hydrogen) atoms. The normalized spacial score (nSPS) is 11.8. The van der Waals surface area contributed by atoms with E-state index >= 15 is 0 Å². The standard InChI is InChI=1S/C10H10F3N5/c1-14-4-7-5-15-6-9(16-7)18-3-2-8(17-18)10(11,12)13/h2-3,5-6,14H,4H2,1H3. The van der Waals surface area contributed by atoms with Gasteiger partial charge in [0.2, 0.25) is 0 Å². The molecule has 0 aromatic carbocycles. The second-order valence-corrected chi connectivity index (χ2v) is 3.54. The maximum Gasteiger partial charge on any atom is 0.435 e. The molecule has 5 nitrogen and oxygen atoms in total. The zero-order valence-electron chi connectivity index (χ0n) is 9.44. The molecule has 8 heteroatoms. The third-order valence-electron chi connectivity index (χ3n) is 2.14. The summed E-state index contributed by atoms with van der Waals surface area (Å²) in [5.74, 6) is 0.248. The van der Waals surface area contributed by atoms with Gasteiger partial charge in [0, 0.05) is 18.9 Å². The van der Waals surface area contributed by atoms with Crippen LogP contribution in [0, 0.1) is 0 Å². The Hall–Kier alpha value is -1.96. The van der Waals surface area contributed by atoms with Crippen LogP contribution in [0.4, 0.5) is 13.2 Å². The highest BCUT2D eigenvalue weighted by molar-refractivity contribution is 5.20. The summed E-state index contributed by atoms with van der Waals surface area (Å²) in [6, 6.07) is 0.895. The Labute approximate surface area is 101 Å². The number of alkyl halides is 3. The van der Waals surface area contributed by atoms with Gasteiger partial charge in [-0.15, -0.1) is 0 Å². The summed E-state index contributed by atoms with van der Waals surface area (Å²) in [4.78, 5) is 8.04. The average molecular weight is 257 g/mol. The molecule has 0 amide bonds. The van der Waals surface area contributed by atoms with Crippen molar-refractivity contribution in [2.24, 2.45) is 0 Å². The van der Waals surface area contributed by atoms with Gasteiger partial charge in [0.05, 0.1) is 11.9 Å². The molecule has 0 radical (unpaired) electrons. The van der Waals surface area contributed by atoms with Gasteiger partial charge in [-0.25, -0.2) is 9.67 Å². The molecular formula is C10H10F3N5. The molecule has 0 unspecified atom stereocenters. The number of halogens is 3. The van der Waals surface area contributed by atoms with Crippen molar-refractivity contribution in [3.8, 4) is 5.82 Å². The van der Waals surface area contributed by atoms with Crippen molar-refractivity contribution in [3.05, 3.63) is 36.0 Å². The van der Waals surface area contributed by atoms with Gasteiger partial charge in [-0.3, -0.25) is 4.98 Å². The van der Waals surface area contributed by atoms with Crippen molar-refractivity contribution >= 4 is 0 Å². The average Bonchev–Trinajstić information content (AvgIpc) is 2.78. The summed E-state index contributed by atoms with van der Waals surface area (Å²) in [5, 5.41) is 6.30. The summed E-state index contributed by atoms with van der Waals surface area (Å²) >= 11 is 0. The van der Waals surface area contributed by atoms with E-state index in [9.17, 15) is 13.2 Å². The van der Waals surface area contributed by atoms with Crippen LogP contribution in [-0.2, 0) is 12.7 Å². The predicted octanol–water partition coefficient (Wildman–Crippen LogP) is 1.40. The highest BCUT2D eigenvalue weighted by Gasteiger charge is 2.33. The van der Waals surface area contributed by atoms with Crippen LogP contribution >= 0.6 is 0 Å². The molecule has 0 aliphatic rings. The van der Waals surface area contributed by atoms with Crippen molar-refractivity contribution < 1.29 is 13.2 Å². The number of aromatic nitrogens is 4. The third kappa shape index (κ3) is 2.65. The van der Waals surface area contributed by atoms with Crippen molar-refractivity contribution in [1.29, 1.82) is 0 Å². The van der Waals surface area contributed by atoms with Gasteiger partial charge < -0.3 is 5.32 Å². The van der Waals surface area contributed by atoms with Crippen LogP contribution in [0.3, 0.4) is 0 Å². The molecule has 0 saturated heterocycles. The molecule has 2 heterocycles. The molecule has 0 fully saturated rings. The molecule has 0 spiro atoms. The second kappa shape index (κ2) is 4.73. The van der Waals surface area contributed by atoms with E-state index < -0.39 is 11.9 Å². The van der Waals surface area contributed by atoms with Crippen LogP contribution in [0.2, 0.25) is 0 Å². The Morgan fingerprint density at radius 3 is 2.72 bits per heavy atom. The molecule has 0 saturated carbocycles. The molecule has 0 aliphatic carbocycles. The van der Waals surface area contributed by atoms with Crippen molar-refractivity contribution in [3.63, 3.8) is 0 Å². The van der Waals surface area contributed by atoms with E-state index in [4.69, 9.17) is 0 Å². The van der Waals surface area contributed by atoms with Gasteiger partial charge in [-0.05, 0) is 13.1 Å². The summed E-state index contributed by atoms with van der Waals surface area (Å²) in [5.41, 5.74) is -0.331. The zero-order valence-corrected chi connectivity index (χ0v) is 9.44. The highest BCUT2D eigenvalue weighted by atomic mass is 19.4. The first-order chi connectivity index (χ1) is 8.50. The molecule has 1 N–H and O–H groups in total. The quantitative estimate of drug-likeness (QED) is 0.903. The fourth-order valence-corrected chi connectivity index (χ4v) is 1.37. The van der Waals surface area contributed by atoms with Gasteiger partial charge in [-0.2, -0.15) is 18.3 Å². The first-order valence-corrected chi connectivity index (χ1v) is 5.09. The summed E-state index contributed by atoms with van der Waals surface area (Å²) < 4.78 is 38.2. The minimum Gasteiger partial charge on any atom is -0.314 e. The molecule has 2 aromatic rings. The lowest BCUT2D eigenvalue weighted by Crippen LogP contribution is -2.11. The molecule has 0 aliphatic heterocycles. The number of rotatable bonds is 3. The monoisotopic (exact) mass is 257 g/mol. The van der Waals surface area contributed by atoms with Gasteiger partial charge in [-0.1, -0.05) is 0 Å².